The number of carbonyl (C=O) groups is 2. The summed E-state index contributed by atoms with van der Waals surface area (Å²) in [6.45, 7) is 0.930. The van der Waals surface area contributed by atoms with Crippen molar-refractivity contribution < 1.29 is 14.3 Å². The molecule has 1 aliphatic heterocycles. The molecule has 0 atom stereocenters. The summed E-state index contributed by atoms with van der Waals surface area (Å²) in [7, 11) is 0. The highest BCUT2D eigenvalue weighted by Crippen LogP contribution is 2.31. The van der Waals surface area contributed by atoms with Crippen molar-refractivity contribution in [2.75, 3.05) is 23.4 Å². The number of nitrogens with one attached hydrogen (secondary N) is 1. The van der Waals surface area contributed by atoms with Gasteiger partial charge in [-0.15, -0.1) is 10.2 Å². The van der Waals surface area contributed by atoms with Crippen molar-refractivity contribution in [1.82, 2.24) is 10.2 Å². The van der Waals surface area contributed by atoms with E-state index in [-0.39, 0.29) is 24.7 Å². The third-order valence-electron chi connectivity index (χ3n) is 4.45. The Balaban J connectivity index is 1.25. The summed E-state index contributed by atoms with van der Waals surface area (Å²) >= 11 is 2.90. The van der Waals surface area contributed by atoms with Crippen LogP contribution in [0.3, 0.4) is 0 Å². The number of thioether (sulfide) groups is 1. The summed E-state index contributed by atoms with van der Waals surface area (Å²) in [5.74, 6) is 1.13. The van der Waals surface area contributed by atoms with Gasteiger partial charge >= 0.3 is 0 Å². The fraction of sp³-hybridized carbons (Fsp3) is 0.238. The lowest BCUT2D eigenvalue weighted by atomic mass is 10.2. The minimum Gasteiger partial charge on any atom is -0.490 e. The lowest BCUT2D eigenvalue weighted by Gasteiger charge is -2.29. The SMILES string of the molecule is O=C(CCC(=O)N1CCOc2ccccc21)Nc1nnc(SCc2ccccc2)s1. The van der Waals surface area contributed by atoms with E-state index in [1.807, 2.05) is 42.5 Å². The average Bonchev–Trinajstić information content (AvgIpc) is 3.23. The predicted molar refractivity (Wildman–Crippen MR) is 118 cm³/mol. The molecule has 7 nitrogen and oxygen atoms in total. The first-order valence-electron chi connectivity index (χ1n) is 9.51. The van der Waals surface area contributed by atoms with Crippen molar-refractivity contribution in [1.29, 1.82) is 0 Å². The van der Waals surface area contributed by atoms with E-state index in [9.17, 15) is 9.59 Å². The van der Waals surface area contributed by atoms with Gasteiger partial charge in [0.1, 0.15) is 12.4 Å². The predicted octanol–water partition coefficient (Wildman–Crippen LogP) is 3.97. The highest BCUT2D eigenvalue weighted by Gasteiger charge is 2.23. The molecule has 0 bridgehead atoms. The van der Waals surface area contributed by atoms with Crippen LogP contribution >= 0.6 is 23.1 Å². The maximum Gasteiger partial charge on any atom is 0.227 e. The highest BCUT2D eigenvalue weighted by atomic mass is 32.2. The van der Waals surface area contributed by atoms with Crippen molar-refractivity contribution in [2.24, 2.45) is 0 Å². The molecule has 1 aromatic heterocycles. The summed E-state index contributed by atoms with van der Waals surface area (Å²) < 4.78 is 6.36. The molecule has 0 saturated heterocycles. The van der Waals surface area contributed by atoms with Gasteiger partial charge in [-0.25, -0.2) is 0 Å². The lowest BCUT2D eigenvalue weighted by molar-refractivity contribution is -0.122. The van der Waals surface area contributed by atoms with Gasteiger partial charge in [0.2, 0.25) is 16.9 Å². The molecule has 9 heteroatoms. The van der Waals surface area contributed by atoms with Gasteiger partial charge in [0.25, 0.3) is 0 Å². The molecule has 0 saturated carbocycles. The van der Waals surface area contributed by atoms with E-state index < -0.39 is 0 Å². The first kappa shape index (κ1) is 20.4. The monoisotopic (exact) mass is 440 g/mol. The number of nitrogens with zero attached hydrogens (tertiary/aromatic N) is 3. The number of aromatic nitrogens is 2. The summed E-state index contributed by atoms with van der Waals surface area (Å²) in [4.78, 5) is 26.5. The number of benzene rings is 2. The van der Waals surface area contributed by atoms with Crippen molar-refractivity contribution in [3.63, 3.8) is 0 Å². The third-order valence-corrected chi connectivity index (χ3v) is 6.50. The molecular weight excluding hydrogens is 420 g/mol. The molecule has 30 heavy (non-hydrogen) atoms. The Morgan fingerprint density at radius 1 is 1.07 bits per heavy atom. The molecule has 0 radical (unpaired) electrons. The van der Waals surface area contributed by atoms with Crippen LogP contribution in [0.15, 0.2) is 58.9 Å². The van der Waals surface area contributed by atoms with Crippen molar-refractivity contribution >= 4 is 45.7 Å². The minimum absolute atomic E-state index is 0.0877. The molecule has 3 aromatic rings. The van der Waals surface area contributed by atoms with Crippen molar-refractivity contribution in [2.45, 2.75) is 22.9 Å². The van der Waals surface area contributed by atoms with Gasteiger partial charge in [-0.05, 0) is 17.7 Å². The van der Waals surface area contributed by atoms with Gasteiger partial charge in [-0.2, -0.15) is 0 Å². The van der Waals surface area contributed by atoms with Gasteiger partial charge < -0.3 is 15.0 Å². The molecule has 1 N–H and O–H groups in total. The molecule has 0 unspecified atom stereocenters. The van der Waals surface area contributed by atoms with Crippen LogP contribution in [0.1, 0.15) is 18.4 Å². The summed E-state index contributed by atoms with van der Waals surface area (Å²) in [5, 5.41) is 11.3. The van der Waals surface area contributed by atoms with Crippen LogP contribution < -0.4 is 15.0 Å². The van der Waals surface area contributed by atoms with E-state index in [4.69, 9.17) is 4.74 Å². The smallest absolute Gasteiger partial charge is 0.227 e. The number of anilines is 2. The Hall–Kier alpha value is -2.91. The molecule has 2 amide bonds. The molecule has 154 valence electrons. The first-order valence-corrected chi connectivity index (χ1v) is 11.3. The second-order valence-electron chi connectivity index (χ2n) is 6.56. The largest absolute Gasteiger partial charge is 0.490 e. The van der Waals surface area contributed by atoms with Crippen LogP contribution in [-0.4, -0.2) is 35.2 Å². The first-order chi connectivity index (χ1) is 14.7. The number of hydrogen-bond acceptors (Lipinski definition) is 7. The van der Waals surface area contributed by atoms with Crippen LogP contribution in [-0.2, 0) is 15.3 Å². The number of para-hydroxylation sites is 2. The van der Waals surface area contributed by atoms with E-state index in [1.54, 1.807) is 16.7 Å². The zero-order chi connectivity index (χ0) is 20.8. The maximum absolute atomic E-state index is 12.6. The van der Waals surface area contributed by atoms with E-state index in [0.717, 1.165) is 15.8 Å². The minimum atomic E-state index is -0.249. The van der Waals surface area contributed by atoms with E-state index >= 15 is 0 Å². The number of amides is 2. The fourth-order valence-corrected chi connectivity index (χ4v) is 4.73. The zero-order valence-electron chi connectivity index (χ0n) is 16.1. The summed E-state index contributed by atoms with van der Waals surface area (Å²) in [6, 6.07) is 17.5. The lowest BCUT2D eigenvalue weighted by Crippen LogP contribution is -2.38. The quantitative estimate of drug-likeness (QED) is 0.442. The number of rotatable bonds is 7. The van der Waals surface area contributed by atoms with Crippen LogP contribution in [0.4, 0.5) is 10.8 Å². The van der Waals surface area contributed by atoms with E-state index in [0.29, 0.717) is 24.0 Å². The third kappa shape index (κ3) is 5.17. The second-order valence-corrected chi connectivity index (χ2v) is 8.76. The molecule has 0 spiro atoms. The molecule has 1 aliphatic rings. The topological polar surface area (TPSA) is 84.4 Å². The van der Waals surface area contributed by atoms with Crippen LogP contribution in [0.5, 0.6) is 5.75 Å². The number of carbonyl (C=O) groups excluding carboxylic acids is 2. The average molecular weight is 441 g/mol. The molecule has 2 heterocycles. The summed E-state index contributed by atoms with van der Waals surface area (Å²) in [5.41, 5.74) is 1.95. The molecule has 4 rings (SSSR count). The molecule has 0 aliphatic carbocycles. The summed E-state index contributed by atoms with van der Waals surface area (Å²) in [6.07, 6.45) is 0.207. The molecule has 0 fully saturated rings. The van der Waals surface area contributed by atoms with E-state index in [1.165, 1.54) is 16.9 Å². The van der Waals surface area contributed by atoms with Crippen molar-refractivity contribution in [3.05, 3.63) is 60.2 Å². The van der Waals surface area contributed by atoms with Gasteiger partial charge in [-0.1, -0.05) is 65.6 Å². The highest BCUT2D eigenvalue weighted by molar-refractivity contribution is 8.00. The normalized spacial score (nSPS) is 12.7. The Kier molecular flexibility index (Phi) is 6.60. The second kappa shape index (κ2) is 9.73. The van der Waals surface area contributed by atoms with Crippen LogP contribution in [0.2, 0.25) is 0 Å². The maximum atomic E-state index is 12.6. The fourth-order valence-electron chi connectivity index (χ4n) is 3.00. The Morgan fingerprint density at radius 3 is 2.73 bits per heavy atom. The van der Waals surface area contributed by atoms with Crippen molar-refractivity contribution in [3.8, 4) is 5.75 Å². The van der Waals surface area contributed by atoms with Gasteiger partial charge in [-0.3, -0.25) is 9.59 Å². The number of ether oxygens (including phenoxy) is 1. The number of hydrogen-bond donors (Lipinski definition) is 1. The zero-order valence-corrected chi connectivity index (χ0v) is 17.7. The Labute approximate surface area is 182 Å². The molecule has 2 aromatic carbocycles. The Morgan fingerprint density at radius 2 is 1.87 bits per heavy atom. The standard InChI is InChI=1S/C21H20N4O3S2/c26-18(10-11-19(27)25-12-13-28-17-9-5-4-8-16(17)25)22-20-23-24-21(30-20)29-14-15-6-2-1-3-7-15/h1-9H,10-14H2,(H,22,23,26). The number of fused-ring (bicyclic) bond motifs is 1. The van der Waals surface area contributed by atoms with Gasteiger partial charge in [0.15, 0.2) is 4.34 Å². The van der Waals surface area contributed by atoms with Gasteiger partial charge in [0.05, 0.1) is 12.2 Å². The van der Waals surface area contributed by atoms with Crippen LogP contribution in [0, 0.1) is 0 Å². The molecular formula is C21H20N4O3S2. The van der Waals surface area contributed by atoms with Gasteiger partial charge in [0, 0.05) is 18.6 Å². The van der Waals surface area contributed by atoms with E-state index in [2.05, 4.69) is 27.6 Å². The Bertz CT molecular complexity index is 1030. The van der Waals surface area contributed by atoms with Crippen LogP contribution in [0.25, 0.3) is 0 Å².